The summed E-state index contributed by atoms with van der Waals surface area (Å²) >= 11 is 0. The van der Waals surface area contributed by atoms with Gasteiger partial charge in [-0.15, -0.1) is 0 Å². The molecule has 1 nitrogen and oxygen atoms in total. The van der Waals surface area contributed by atoms with Crippen molar-refractivity contribution >= 4 is 0 Å². The molecule has 1 atom stereocenters. The smallest absolute Gasteiger partial charge is 0.0351 e. The molecule has 1 aromatic carbocycles. The number of hydrogen-bond acceptors (Lipinski definition) is 1. The second-order valence-electron chi connectivity index (χ2n) is 6.09. The highest BCUT2D eigenvalue weighted by Crippen LogP contribution is 2.35. The van der Waals surface area contributed by atoms with Crippen LogP contribution in [-0.4, -0.2) is 6.04 Å². The third kappa shape index (κ3) is 3.27. The van der Waals surface area contributed by atoms with E-state index in [1.165, 1.54) is 50.5 Å². The quantitative estimate of drug-likeness (QED) is 0.774. The molecule has 2 aliphatic rings. The van der Waals surface area contributed by atoms with Crippen molar-refractivity contribution in [3.05, 3.63) is 48.0 Å². The molecule has 1 unspecified atom stereocenters. The van der Waals surface area contributed by atoms with Crippen LogP contribution in [0.5, 0.6) is 0 Å². The summed E-state index contributed by atoms with van der Waals surface area (Å²) in [6, 6.07) is 12.3. The maximum atomic E-state index is 3.94. The summed E-state index contributed by atoms with van der Waals surface area (Å²) < 4.78 is 0. The zero-order chi connectivity index (χ0) is 12.9. The van der Waals surface area contributed by atoms with Crippen LogP contribution in [0.15, 0.2) is 42.5 Å². The van der Waals surface area contributed by atoms with Gasteiger partial charge in [0.2, 0.25) is 0 Å². The first-order valence-corrected chi connectivity index (χ1v) is 7.89. The molecule has 2 aliphatic carbocycles. The third-order valence-electron chi connectivity index (χ3n) is 4.70. The summed E-state index contributed by atoms with van der Waals surface area (Å²) in [6.45, 7) is 0. The van der Waals surface area contributed by atoms with Crippen LogP contribution in [0.4, 0.5) is 0 Å². The molecule has 0 heterocycles. The molecule has 1 N–H and O–H groups in total. The molecule has 1 aromatic rings. The van der Waals surface area contributed by atoms with Gasteiger partial charge in [-0.25, -0.2) is 0 Å². The lowest BCUT2D eigenvalue weighted by atomic mass is 9.80. The van der Waals surface area contributed by atoms with E-state index in [1.807, 2.05) is 0 Å². The molecule has 0 bridgehead atoms. The van der Waals surface area contributed by atoms with Crippen molar-refractivity contribution in [3.63, 3.8) is 0 Å². The van der Waals surface area contributed by atoms with Crippen molar-refractivity contribution in [2.45, 2.75) is 57.0 Å². The molecule has 0 aromatic heterocycles. The molecule has 0 radical (unpaired) electrons. The Morgan fingerprint density at radius 1 is 0.895 bits per heavy atom. The van der Waals surface area contributed by atoms with Gasteiger partial charge >= 0.3 is 0 Å². The SMILES string of the molecule is C1=CCC(NC(c2ccccc2)C2CCCCC2)C1. The summed E-state index contributed by atoms with van der Waals surface area (Å²) in [6.07, 6.45) is 14.1. The summed E-state index contributed by atoms with van der Waals surface area (Å²) in [4.78, 5) is 0. The van der Waals surface area contributed by atoms with E-state index in [-0.39, 0.29) is 0 Å². The van der Waals surface area contributed by atoms with Crippen molar-refractivity contribution in [1.82, 2.24) is 5.32 Å². The van der Waals surface area contributed by atoms with E-state index in [9.17, 15) is 0 Å². The summed E-state index contributed by atoms with van der Waals surface area (Å²) in [5, 5.41) is 3.94. The van der Waals surface area contributed by atoms with Gasteiger partial charge in [-0.05, 0) is 37.2 Å². The van der Waals surface area contributed by atoms with E-state index in [1.54, 1.807) is 0 Å². The van der Waals surface area contributed by atoms with E-state index >= 15 is 0 Å². The zero-order valence-corrected chi connectivity index (χ0v) is 11.7. The highest BCUT2D eigenvalue weighted by molar-refractivity contribution is 5.20. The Hall–Kier alpha value is -1.08. The number of rotatable bonds is 4. The van der Waals surface area contributed by atoms with Gasteiger partial charge in [0.05, 0.1) is 0 Å². The van der Waals surface area contributed by atoms with Crippen LogP contribution in [0.25, 0.3) is 0 Å². The van der Waals surface area contributed by atoms with Crippen LogP contribution < -0.4 is 5.32 Å². The van der Waals surface area contributed by atoms with Crippen molar-refractivity contribution < 1.29 is 0 Å². The lowest BCUT2D eigenvalue weighted by Crippen LogP contribution is -2.36. The van der Waals surface area contributed by atoms with Gasteiger partial charge in [0.15, 0.2) is 0 Å². The minimum absolute atomic E-state index is 0.561. The van der Waals surface area contributed by atoms with Gasteiger partial charge in [0, 0.05) is 12.1 Å². The van der Waals surface area contributed by atoms with Crippen molar-refractivity contribution in [2.75, 3.05) is 0 Å². The third-order valence-corrected chi connectivity index (χ3v) is 4.70. The largest absolute Gasteiger partial charge is 0.306 e. The van der Waals surface area contributed by atoms with Gasteiger partial charge in [0.25, 0.3) is 0 Å². The summed E-state index contributed by atoms with van der Waals surface area (Å²) in [7, 11) is 0. The molecule has 1 saturated carbocycles. The lowest BCUT2D eigenvalue weighted by molar-refractivity contribution is 0.255. The molecule has 3 rings (SSSR count). The average Bonchev–Trinajstić information content (AvgIpc) is 3.00. The van der Waals surface area contributed by atoms with E-state index in [0.717, 1.165) is 5.92 Å². The number of hydrogen-bond donors (Lipinski definition) is 1. The first-order valence-electron chi connectivity index (χ1n) is 7.89. The summed E-state index contributed by atoms with van der Waals surface area (Å²) in [5.41, 5.74) is 1.49. The first kappa shape index (κ1) is 12.9. The Morgan fingerprint density at radius 2 is 1.58 bits per heavy atom. The van der Waals surface area contributed by atoms with Gasteiger partial charge in [0.1, 0.15) is 0 Å². The monoisotopic (exact) mass is 255 g/mol. The normalized spacial score (nSPS) is 22.7. The standard InChI is InChI=1S/C18H25N/c1-3-9-15(10-4-1)18(16-11-5-2-6-12-16)19-17-13-7-8-14-17/h1,3-4,7-10,16-19H,2,5-6,11-14H2. The molecular weight excluding hydrogens is 230 g/mol. The summed E-state index contributed by atoms with van der Waals surface area (Å²) in [5.74, 6) is 0.830. The molecular formula is C18H25N. The van der Waals surface area contributed by atoms with Crippen LogP contribution in [0.2, 0.25) is 0 Å². The predicted octanol–water partition coefficient (Wildman–Crippen LogP) is 4.62. The fourth-order valence-corrected chi connectivity index (χ4v) is 3.64. The van der Waals surface area contributed by atoms with Gasteiger partial charge < -0.3 is 5.32 Å². The van der Waals surface area contributed by atoms with Gasteiger partial charge in [-0.1, -0.05) is 61.7 Å². The first-order chi connectivity index (χ1) is 9.43. The Morgan fingerprint density at radius 3 is 2.26 bits per heavy atom. The number of benzene rings is 1. The molecule has 19 heavy (non-hydrogen) atoms. The van der Waals surface area contributed by atoms with Crippen LogP contribution in [0.3, 0.4) is 0 Å². The number of nitrogens with one attached hydrogen (secondary N) is 1. The molecule has 0 aliphatic heterocycles. The molecule has 0 spiro atoms. The van der Waals surface area contributed by atoms with Crippen LogP contribution >= 0.6 is 0 Å². The molecule has 1 fully saturated rings. The zero-order valence-electron chi connectivity index (χ0n) is 11.7. The highest BCUT2D eigenvalue weighted by atomic mass is 15.0. The molecule has 0 amide bonds. The topological polar surface area (TPSA) is 12.0 Å². The highest BCUT2D eigenvalue weighted by Gasteiger charge is 2.27. The van der Waals surface area contributed by atoms with E-state index in [0.29, 0.717) is 12.1 Å². The Kier molecular flexibility index (Phi) is 4.34. The van der Waals surface area contributed by atoms with E-state index in [2.05, 4.69) is 47.8 Å². The Labute approximate surface area is 117 Å². The van der Waals surface area contributed by atoms with Crippen LogP contribution in [0, 0.1) is 5.92 Å². The Bertz CT molecular complexity index is 395. The van der Waals surface area contributed by atoms with E-state index in [4.69, 9.17) is 0 Å². The van der Waals surface area contributed by atoms with Crippen molar-refractivity contribution in [2.24, 2.45) is 5.92 Å². The second-order valence-corrected chi connectivity index (χ2v) is 6.09. The van der Waals surface area contributed by atoms with Crippen molar-refractivity contribution in [3.8, 4) is 0 Å². The van der Waals surface area contributed by atoms with Crippen molar-refractivity contribution in [1.29, 1.82) is 0 Å². The maximum Gasteiger partial charge on any atom is 0.0351 e. The molecule has 102 valence electrons. The Balaban J connectivity index is 1.74. The minimum Gasteiger partial charge on any atom is -0.306 e. The minimum atomic E-state index is 0.561. The van der Waals surface area contributed by atoms with Crippen LogP contribution in [-0.2, 0) is 0 Å². The van der Waals surface area contributed by atoms with Gasteiger partial charge in [-0.3, -0.25) is 0 Å². The predicted molar refractivity (Wildman–Crippen MR) is 81.1 cm³/mol. The lowest BCUT2D eigenvalue weighted by Gasteiger charge is -2.33. The average molecular weight is 255 g/mol. The molecule has 1 heteroatoms. The fourth-order valence-electron chi connectivity index (χ4n) is 3.64. The van der Waals surface area contributed by atoms with Gasteiger partial charge in [-0.2, -0.15) is 0 Å². The molecule has 0 saturated heterocycles. The maximum absolute atomic E-state index is 3.94. The van der Waals surface area contributed by atoms with Crippen LogP contribution in [0.1, 0.15) is 56.6 Å². The van der Waals surface area contributed by atoms with E-state index < -0.39 is 0 Å². The second kappa shape index (κ2) is 6.38. The fraction of sp³-hybridized carbons (Fsp3) is 0.556.